The first-order chi connectivity index (χ1) is 5.04. The Hall–Kier alpha value is -0.530. The first-order valence-electron chi connectivity index (χ1n) is 4.32. The Bertz CT molecular complexity index is 163. The van der Waals surface area contributed by atoms with E-state index in [0.717, 1.165) is 13.0 Å². The van der Waals surface area contributed by atoms with Gasteiger partial charge in [-0.1, -0.05) is 0 Å². The molecule has 0 aromatic rings. The molecule has 1 heterocycles. The first kappa shape index (κ1) is 8.57. The lowest BCUT2D eigenvalue weighted by molar-refractivity contribution is -0.135. The Morgan fingerprint density at radius 1 is 1.36 bits per heavy atom. The molecule has 0 aromatic carbocycles. The van der Waals surface area contributed by atoms with Crippen molar-refractivity contribution in [3.05, 3.63) is 0 Å². The lowest BCUT2D eigenvalue weighted by Crippen LogP contribution is -2.49. The summed E-state index contributed by atoms with van der Waals surface area (Å²) in [5, 5.41) is 0. The number of hydrogen-bond acceptors (Lipinski definition) is 1. The van der Waals surface area contributed by atoms with Crippen LogP contribution in [0.3, 0.4) is 0 Å². The number of carbonyl (C=O) groups is 1. The molecule has 1 rings (SSSR count). The number of carbonyl (C=O) groups excluding carboxylic acids is 1. The predicted molar refractivity (Wildman–Crippen MR) is 45.3 cm³/mol. The third-order valence-electron chi connectivity index (χ3n) is 2.53. The van der Waals surface area contributed by atoms with Crippen LogP contribution in [0.1, 0.15) is 40.0 Å². The van der Waals surface area contributed by atoms with Crippen LogP contribution in [0.25, 0.3) is 0 Å². The van der Waals surface area contributed by atoms with E-state index in [4.69, 9.17) is 0 Å². The molecule has 1 saturated heterocycles. The Morgan fingerprint density at radius 2 is 2.00 bits per heavy atom. The molecular weight excluding hydrogens is 138 g/mol. The minimum atomic E-state index is 0.101. The van der Waals surface area contributed by atoms with Crippen LogP contribution in [0, 0.1) is 0 Å². The highest BCUT2D eigenvalue weighted by molar-refractivity contribution is 5.74. The molecule has 0 spiro atoms. The fourth-order valence-corrected chi connectivity index (χ4v) is 1.85. The number of hydrogen-bond donors (Lipinski definition) is 0. The van der Waals surface area contributed by atoms with Crippen LogP contribution in [-0.4, -0.2) is 22.9 Å². The molecule has 0 unspecified atom stereocenters. The van der Waals surface area contributed by atoms with E-state index < -0.39 is 0 Å². The summed E-state index contributed by atoms with van der Waals surface area (Å²) in [6.07, 6.45) is 3.58. The molecule has 0 bridgehead atoms. The Morgan fingerprint density at radius 3 is 2.36 bits per heavy atom. The number of rotatable bonds is 0. The van der Waals surface area contributed by atoms with Gasteiger partial charge in [0, 0.05) is 19.0 Å². The van der Waals surface area contributed by atoms with Crippen molar-refractivity contribution in [3.8, 4) is 0 Å². The van der Waals surface area contributed by atoms with Gasteiger partial charge in [-0.15, -0.1) is 0 Å². The number of nitrogens with zero attached hydrogens (tertiary/aromatic N) is 1. The van der Waals surface area contributed by atoms with Gasteiger partial charge in [0.05, 0.1) is 0 Å². The first-order valence-corrected chi connectivity index (χ1v) is 4.32. The summed E-state index contributed by atoms with van der Waals surface area (Å²) in [5.74, 6) is 0.217. The number of likely N-dealkylation sites (tertiary alicyclic amines) is 1. The Labute approximate surface area is 68.6 Å². The largest absolute Gasteiger partial charge is 0.338 e. The van der Waals surface area contributed by atoms with Crippen LogP contribution in [0.5, 0.6) is 0 Å². The average Bonchev–Trinajstić information content (AvgIpc) is 1.85. The lowest BCUT2D eigenvalue weighted by Gasteiger charge is -2.41. The third kappa shape index (κ3) is 1.73. The van der Waals surface area contributed by atoms with Crippen molar-refractivity contribution >= 4 is 5.91 Å². The molecule has 0 aliphatic carbocycles. The highest BCUT2D eigenvalue weighted by Gasteiger charge is 2.30. The van der Waals surface area contributed by atoms with E-state index in [-0.39, 0.29) is 11.4 Å². The zero-order chi connectivity index (χ0) is 8.48. The van der Waals surface area contributed by atoms with Crippen LogP contribution in [0.2, 0.25) is 0 Å². The van der Waals surface area contributed by atoms with Gasteiger partial charge < -0.3 is 4.90 Å². The van der Waals surface area contributed by atoms with E-state index in [2.05, 4.69) is 13.8 Å². The van der Waals surface area contributed by atoms with Crippen LogP contribution in [-0.2, 0) is 4.79 Å². The van der Waals surface area contributed by atoms with Gasteiger partial charge in [-0.25, -0.2) is 0 Å². The minimum absolute atomic E-state index is 0.101. The summed E-state index contributed by atoms with van der Waals surface area (Å²) in [6.45, 7) is 6.90. The summed E-state index contributed by atoms with van der Waals surface area (Å²) in [5.41, 5.74) is 0.101. The Balaban J connectivity index is 2.67. The fourth-order valence-electron chi connectivity index (χ4n) is 1.85. The van der Waals surface area contributed by atoms with Crippen molar-refractivity contribution in [1.82, 2.24) is 4.90 Å². The lowest BCUT2D eigenvalue weighted by atomic mass is 9.90. The number of piperidine rings is 1. The van der Waals surface area contributed by atoms with Crippen molar-refractivity contribution in [2.75, 3.05) is 6.54 Å². The van der Waals surface area contributed by atoms with Crippen molar-refractivity contribution in [3.63, 3.8) is 0 Å². The summed E-state index contributed by atoms with van der Waals surface area (Å²) in [6, 6.07) is 0. The van der Waals surface area contributed by atoms with Gasteiger partial charge in [0.2, 0.25) is 5.91 Å². The predicted octanol–water partition coefficient (Wildman–Crippen LogP) is 1.80. The monoisotopic (exact) mass is 155 g/mol. The highest BCUT2D eigenvalue weighted by Crippen LogP contribution is 2.26. The van der Waals surface area contributed by atoms with Crippen molar-refractivity contribution < 1.29 is 4.79 Å². The second-order valence-electron chi connectivity index (χ2n) is 3.94. The summed E-state index contributed by atoms with van der Waals surface area (Å²) in [7, 11) is 0. The topological polar surface area (TPSA) is 20.3 Å². The van der Waals surface area contributed by atoms with Crippen LogP contribution in [0.4, 0.5) is 0 Å². The molecule has 64 valence electrons. The molecule has 0 atom stereocenters. The maximum Gasteiger partial charge on any atom is 0.219 e. The van der Waals surface area contributed by atoms with E-state index in [1.165, 1.54) is 12.8 Å². The molecule has 2 heteroatoms. The number of amides is 1. The van der Waals surface area contributed by atoms with Gasteiger partial charge in [0.15, 0.2) is 0 Å². The van der Waals surface area contributed by atoms with E-state index in [9.17, 15) is 4.79 Å². The van der Waals surface area contributed by atoms with E-state index >= 15 is 0 Å². The van der Waals surface area contributed by atoms with Crippen molar-refractivity contribution in [2.24, 2.45) is 0 Å². The molecule has 1 aliphatic heterocycles. The second-order valence-corrected chi connectivity index (χ2v) is 3.94. The summed E-state index contributed by atoms with van der Waals surface area (Å²) < 4.78 is 0. The van der Waals surface area contributed by atoms with E-state index in [0.29, 0.717) is 0 Å². The van der Waals surface area contributed by atoms with Gasteiger partial charge in [0.1, 0.15) is 0 Å². The minimum Gasteiger partial charge on any atom is -0.338 e. The molecular formula is C9H17NO. The van der Waals surface area contributed by atoms with Crippen LogP contribution < -0.4 is 0 Å². The zero-order valence-electron chi connectivity index (χ0n) is 7.68. The van der Waals surface area contributed by atoms with Gasteiger partial charge in [-0.3, -0.25) is 4.79 Å². The van der Waals surface area contributed by atoms with Gasteiger partial charge in [-0.05, 0) is 33.1 Å². The van der Waals surface area contributed by atoms with Crippen LogP contribution in [0.15, 0.2) is 0 Å². The second kappa shape index (κ2) is 2.84. The average molecular weight is 155 g/mol. The van der Waals surface area contributed by atoms with Gasteiger partial charge in [0.25, 0.3) is 0 Å². The van der Waals surface area contributed by atoms with Gasteiger partial charge in [-0.2, -0.15) is 0 Å². The molecule has 0 N–H and O–H groups in total. The summed E-state index contributed by atoms with van der Waals surface area (Å²) in [4.78, 5) is 13.1. The third-order valence-corrected chi connectivity index (χ3v) is 2.53. The quantitative estimate of drug-likeness (QED) is 0.522. The normalized spacial score (nSPS) is 23.4. The highest BCUT2D eigenvalue weighted by atomic mass is 16.2. The smallest absolute Gasteiger partial charge is 0.219 e. The maximum absolute atomic E-state index is 11.1. The molecule has 1 fully saturated rings. The van der Waals surface area contributed by atoms with E-state index in [1.807, 2.05) is 4.90 Å². The summed E-state index contributed by atoms with van der Waals surface area (Å²) >= 11 is 0. The molecule has 11 heavy (non-hydrogen) atoms. The van der Waals surface area contributed by atoms with Crippen LogP contribution >= 0.6 is 0 Å². The molecule has 0 saturated carbocycles. The van der Waals surface area contributed by atoms with E-state index in [1.54, 1.807) is 6.92 Å². The fraction of sp³-hybridized carbons (Fsp3) is 0.889. The Kier molecular flexibility index (Phi) is 2.21. The molecule has 2 nitrogen and oxygen atoms in total. The zero-order valence-corrected chi connectivity index (χ0v) is 7.68. The molecule has 1 amide bonds. The molecule has 0 radical (unpaired) electrons. The molecule has 1 aliphatic rings. The van der Waals surface area contributed by atoms with Gasteiger partial charge >= 0.3 is 0 Å². The molecule has 0 aromatic heterocycles. The SMILES string of the molecule is CC(=O)N1CCCCC1(C)C. The maximum atomic E-state index is 11.1. The van der Waals surface area contributed by atoms with Crippen molar-refractivity contribution in [1.29, 1.82) is 0 Å². The standard InChI is InChI=1S/C9H17NO/c1-8(11)10-7-5-4-6-9(10,2)3/h4-7H2,1-3H3. The van der Waals surface area contributed by atoms with Crippen molar-refractivity contribution in [2.45, 2.75) is 45.6 Å².